The number of hydrogen-bond donors (Lipinski definition) is 2. The predicted molar refractivity (Wildman–Crippen MR) is 70.5 cm³/mol. The first kappa shape index (κ1) is 14.2. The smallest absolute Gasteiger partial charge is 0.323 e. The molecule has 0 fully saturated rings. The first-order chi connectivity index (χ1) is 9.38. The van der Waals surface area contributed by atoms with E-state index in [-0.39, 0.29) is 12.4 Å². The second kappa shape index (κ2) is 5.42. The highest BCUT2D eigenvalue weighted by Crippen LogP contribution is 2.19. The predicted octanol–water partition coefficient (Wildman–Crippen LogP) is 2.43. The van der Waals surface area contributed by atoms with Crippen molar-refractivity contribution < 1.29 is 18.7 Å². The van der Waals surface area contributed by atoms with E-state index in [1.54, 1.807) is 26.0 Å². The van der Waals surface area contributed by atoms with Crippen LogP contribution in [0.1, 0.15) is 19.5 Å². The molecule has 106 valence electrons. The summed E-state index contributed by atoms with van der Waals surface area (Å²) in [5.74, 6) is -0.903. The molecule has 0 bridgehead atoms. The maximum atomic E-state index is 12.8. The van der Waals surface area contributed by atoms with Gasteiger partial charge in [0.25, 0.3) is 0 Å². The van der Waals surface area contributed by atoms with E-state index in [9.17, 15) is 9.18 Å². The van der Waals surface area contributed by atoms with Crippen LogP contribution in [0.15, 0.2) is 34.9 Å². The maximum Gasteiger partial charge on any atom is 0.323 e. The highest BCUT2D eigenvalue weighted by Gasteiger charge is 2.26. The molecule has 0 radical (unpaired) electrons. The van der Waals surface area contributed by atoms with Gasteiger partial charge in [-0.2, -0.15) is 0 Å². The van der Waals surface area contributed by atoms with Crippen LogP contribution in [0.25, 0.3) is 11.5 Å². The summed E-state index contributed by atoms with van der Waals surface area (Å²) in [7, 11) is 0. The lowest BCUT2D eigenvalue weighted by Gasteiger charge is -2.19. The number of carbonyl (C=O) groups is 1. The number of carboxylic acids is 1. The minimum atomic E-state index is -1.05. The molecule has 0 aliphatic rings. The van der Waals surface area contributed by atoms with Crippen LogP contribution in [0.2, 0.25) is 0 Å². The van der Waals surface area contributed by atoms with E-state index in [0.29, 0.717) is 17.1 Å². The number of nitrogens with one attached hydrogen (secondary N) is 1. The number of oxazole rings is 1. The van der Waals surface area contributed by atoms with E-state index in [1.807, 2.05) is 0 Å². The van der Waals surface area contributed by atoms with Gasteiger partial charge in [-0.05, 0) is 38.1 Å². The number of aromatic nitrogens is 1. The summed E-state index contributed by atoms with van der Waals surface area (Å²) < 4.78 is 18.1. The Morgan fingerprint density at radius 1 is 1.40 bits per heavy atom. The second-order valence-electron chi connectivity index (χ2n) is 4.93. The fraction of sp³-hybridized carbons (Fsp3) is 0.286. The zero-order chi connectivity index (χ0) is 14.8. The lowest BCUT2D eigenvalue weighted by atomic mass is 10.1. The summed E-state index contributed by atoms with van der Waals surface area (Å²) in [6.45, 7) is 3.40. The molecule has 2 rings (SSSR count). The summed E-state index contributed by atoms with van der Waals surface area (Å²) in [5.41, 5.74) is 0.198. The molecule has 2 aromatic rings. The van der Waals surface area contributed by atoms with Crippen LogP contribution in [0, 0.1) is 5.82 Å². The largest absolute Gasteiger partial charge is 0.480 e. The summed E-state index contributed by atoms with van der Waals surface area (Å²) in [6.07, 6.45) is 1.45. The number of aliphatic carboxylic acids is 1. The van der Waals surface area contributed by atoms with Crippen molar-refractivity contribution in [2.75, 3.05) is 0 Å². The van der Waals surface area contributed by atoms with Gasteiger partial charge in [0.05, 0.1) is 5.69 Å². The van der Waals surface area contributed by atoms with Crippen LogP contribution in [0.5, 0.6) is 0 Å². The Morgan fingerprint density at radius 3 is 2.65 bits per heavy atom. The molecule has 0 unspecified atom stereocenters. The van der Waals surface area contributed by atoms with Crippen LogP contribution in [-0.4, -0.2) is 21.6 Å². The van der Waals surface area contributed by atoms with Gasteiger partial charge < -0.3 is 9.52 Å². The van der Waals surface area contributed by atoms with Gasteiger partial charge in [0.15, 0.2) is 0 Å². The third-order valence-corrected chi connectivity index (χ3v) is 2.89. The van der Waals surface area contributed by atoms with Crippen LogP contribution in [-0.2, 0) is 11.3 Å². The number of carboxylic acid groups (broad SMARTS) is 1. The minimum absolute atomic E-state index is 0.268. The molecule has 20 heavy (non-hydrogen) atoms. The van der Waals surface area contributed by atoms with Crippen LogP contribution >= 0.6 is 0 Å². The van der Waals surface area contributed by atoms with Gasteiger partial charge in [0.1, 0.15) is 17.6 Å². The van der Waals surface area contributed by atoms with Crippen molar-refractivity contribution >= 4 is 5.97 Å². The number of rotatable bonds is 5. The molecule has 0 atom stereocenters. The lowest BCUT2D eigenvalue weighted by molar-refractivity contribution is -0.143. The summed E-state index contributed by atoms with van der Waals surface area (Å²) >= 11 is 0. The summed E-state index contributed by atoms with van der Waals surface area (Å²) in [6, 6.07) is 5.79. The maximum absolute atomic E-state index is 12.8. The normalized spacial score (nSPS) is 11.6. The van der Waals surface area contributed by atoms with Gasteiger partial charge in [-0.1, -0.05) is 0 Å². The van der Waals surface area contributed by atoms with Crippen molar-refractivity contribution in [2.24, 2.45) is 0 Å². The first-order valence-electron chi connectivity index (χ1n) is 6.07. The van der Waals surface area contributed by atoms with Crippen molar-refractivity contribution in [2.45, 2.75) is 25.9 Å². The van der Waals surface area contributed by atoms with E-state index < -0.39 is 11.5 Å². The number of halogens is 1. The molecule has 1 aromatic carbocycles. The topological polar surface area (TPSA) is 75.4 Å². The number of hydrogen-bond acceptors (Lipinski definition) is 4. The molecule has 0 spiro atoms. The molecule has 0 saturated heterocycles. The number of nitrogens with zero attached hydrogens (tertiary/aromatic N) is 1. The Bertz CT molecular complexity index is 605. The van der Waals surface area contributed by atoms with Gasteiger partial charge in [0.2, 0.25) is 5.89 Å². The second-order valence-corrected chi connectivity index (χ2v) is 4.93. The number of benzene rings is 1. The zero-order valence-corrected chi connectivity index (χ0v) is 11.2. The molecule has 1 aromatic heterocycles. The average molecular weight is 278 g/mol. The van der Waals surface area contributed by atoms with Crippen molar-refractivity contribution in [1.29, 1.82) is 0 Å². The van der Waals surface area contributed by atoms with Gasteiger partial charge in [-0.25, -0.2) is 9.37 Å². The van der Waals surface area contributed by atoms with E-state index >= 15 is 0 Å². The van der Waals surface area contributed by atoms with Gasteiger partial charge >= 0.3 is 5.97 Å². The summed E-state index contributed by atoms with van der Waals surface area (Å²) in [4.78, 5) is 15.2. The molecule has 1 heterocycles. The van der Waals surface area contributed by atoms with Crippen LogP contribution in [0.3, 0.4) is 0 Å². The van der Waals surface area contributed by atoms with Crippen LogP contribution in [0.4, 0.5) is 4.39 Å². The molecular weight excluding hydrogens is 263 g/mol. The molecular formula is C14H15FN2O3. The van der Waals surface area contributed by atoms with Crippen molar-refractivity contribution in [3.8, 4) is 11.5 Å². The monoisotopic (exact) mass is 278 g/mol. The Labute approximate surface area is 115 Å². The van der Waals surface area contributed by atoms with Gasteiger partial charge in [0, 0.05) is 12.1 Å². The Kier molecular flexibility index (Phi) is 3.85. The first-order valence-corrected chi connectivity index (χ1v) is 6.07. The Balaban J connectivity index is 2.06. The Hall–Kier alpha value is -2.21. The third-order valence-electron chi connectivity index (χ3n) is 2.89. The average Bonchev–Trinajstić information content (AvgIpc) is 2.86. The van der Waals surface area contributed by atoms with Crippen molar-refractivity contribution in [3.63, 3.8) is 0 Å². The SMILES string of the molecule is CC(C)(NCc1coc(-c2ccc(F)cc2)n1)C(=O)O. The van der Waals surface area contributed by atoms with E-state index in [0.717, 1.165) is 0 Å². The quantitative estimate of drug-likeness (QED) is 0.878. The van der Waals surface area contributed by atoms with E-state index in [2.05, 4.69) is 10.3 Å². The molecule has 6 heteroatoms. The third kappa shape index (κ3) is 3.21. The zero-order valence-electron chi connectivity index (χ0n) is 11.2. The van der Waals surface area contributed by atoms with Gasteiger partial charge in [-0.15, -0.1) is 0 Å². The lowest BCUT2D eigenvalue weighted by Crippen LogP contribution is -2.46. The van der Waals surface area contributed by atoms with Crippen LogP contribution < -0.4 is 5.32 Å². The van der Waals surface area contributed by atoms with Gasteiger partial charge in [-0.3, -0.25) is 10.1 Å². The van der Waals surface area contributed by atoms with Crippen molar-refractivity contribution in [1.82, 2.24) is 10.3 Å². The molecule has 0 amide bonds. The van der Waals surface area contributed by atoms with Crippen molar-refractivity contribution in [3.05, 3.63) is 42.0 Å². The molecule has 0 saturated carbocycles. The summed E-state index contributed by atoms with van der Waals surface area (Å²) in [5, 5.41) is 11.9. The molecule has 5 nitrogen and oxygen atoms in total. The van der Waals surface area contributed by atoms with E-state index in [4.69, 9.17) is 9.52 Å². The molecule has 0 aliphatic carbocycles. The molecule has 2 N–H and O–H groups in total. The standard InChI is InChI=1S/C14H15FN2O3/c1-14(2,13(18)19)16-7-11-8-20-12(17-11)9-3-5-10(15)6-4-9/h3-6,8,16H,7H2,1-2H3,(H,18,19). The fourth-order valence-corrected chi connectivity index (χ4v) is 1.50. The fourth-order valence-electron chi connectivity index (χ4n) is 1.50. The highest BCUT2D eigenvalue weighted by atomic mass is 19.1. The minimum Gasteiger partial charge on any atom is -0.480 e. The molecule has 0 aliphatic heterocycles. The highest BCUT2D eigenvalue weighted by molar-refractivity contribution is 5.77. The Morgan fingerprint density at radius 2 is 2.05 bits per heavy atom. The van der Waals surface area contributed by atoms with E-state index in [1.165, 1.54) is 18.4 Å².